The van der Waals surface area contributed by atoms with E-state index in [1.54, 1.807) is 0 Å². The van der Waals surface area contributed by atoms with Gasteiger partial charge in [0, 0.05) is 49.2 Å². The first kappa shape index (κ1) is 17.0. The third-order valence-electron chi connectivity index (χ3n) is 5.46. The van der Waals surface area contributed by atoms with Crippen molar-refractivity contribution in [1.29, 1.82) is 0 Å². The summed E-state index contributed by atoms with van der Waals surface area (Å²) in [6, 6.07) is 10.5. The molecule has 0 radical (unpaired) electrons. The minimum atomic E-state index is 0.513. The third-order valence-corrected chi connectivity index (χ3v) is 5.46. The van der Waals surface area contributed by atoms with Gasteiger partial charge in [0.15, 0.2) is 0 Å². The normalized spacial score (nSPS) is 16.6. The molecule has 0 bridgehead atoms. The maximum absolute atomic E-state index is 4.76. The van der Waals surface area contributed by atoms with Crippen LogP contribution in [0.5, 0.6) is 0 Å². The fourth-order valence-corrected chi connectivity index (χ4v) is 3.97. The van der Waals surface area contributed by atoms with Crippen molar-refractivity contribution in [3.8, 4) is 0 Å². The molecule has 1 atom stereocenters. The molecule has 3 aromatic rings. The molecule has 0 saturated carbocycles. The molecule has 0 aliphatic carbocycles. The first-order chi connectivity index (χ1) is 12.7. The summed E-state index contributed by atoms with van der Waals surface area (Å²) in [5.41, 5.74) is 4.98. The summed E-state index contributed by atoms with van der Waals surface area (Å²) in [6.07, 6.45) is 6.48. The predicted octanol–water partition coefficient (Wildman–Crippen LogP) is 3.41. The molecule has 0 fully saturated rings. The van der Waals surface area contributed by atoms with Gasteiger partial charge in [-0.1, -0.05) is 30.3 Å². The van der Waals surface area contributed by atoms with E-state index in [-0.39, 0.29) is 0 Å². The van der Waals surface area contributed by atoms with E-state index in [0.717, 1.165) is 31.9 Å². The van der Waals surface area contributed by atoms with Crippen LogP contribution in [0.3, 0.4) is 0 Å². The largest absolute Gasteiger partial charge is 0.335 e. The van der Waals surface area contributed by atoms with Crippen molar-refractivity contribution in [2.75, 3.05) is 6.54 Å². The monoisotopic (exact) mass is 349 g/mol. The Morgan fingerprint density at radius 1 is 1.19 bits per heavy atom. The topological polar surface area (TPSA) is 47.7 Å². The lowest BCUT2D eigenvalue weighted by Crippen LogP contribution is -2.26. The predicted molar refractivity (Wildman–Crippen MR) is 103 cm³/mol. The maximum atomic E-state index is 4.76. The van der Waals surface area contributed by atoms with E-state index in [2.05, 4.69) is 69.9 Å². The van der Waals surface area contributed by atoms with Crippen LogP contribution in [0, 0.1) is 13.8 Å². The van der Waals surface area contributed by atoms with Crippen molar-refractivity contribution in [2.45, 2.75) is 52.2 Å². The highest BCUT2D eigenvalue weighted by Gasteiger charge is 2.21. The highest BCUT2D eigenvalue weighted by Crippen LogP contribution is 2.25. The van der Waals surface area contributed by atoms with E-state index in [1.807, 2.05) is 6.20 Å². The molecule has 0 spiro atoms. The SMILES string of the molecule is Cc1nn(Cc2ccccc2)c(C)c1CNCC1CCCn2ccnc21. The molecule has 1 aromatic carbocycles. The number of hydrogen-bond acceptors (Lipinski definition) is 3. The second-order valence-electron chi connectivity index (χ2n) is 7.24. The zero-order valence-electron chi connectivity index (χ0n) is 15.7. The van der Waals surface area contributed by atoms with Gasteiger partial charge in [0.2, 0.25) is 0 Å². The average molecular weight is 349 g/mol. The molecule has 5 heteroatoms. The van der Waals surface area contributed by atoms with Gasteiger partial charge in [-0.25, -0.2) is 4.98 Å². The Balaban J connectivity index is 1.40. The van der Waals surface area contributed by atoms with Crippen LogP contribution in [0.1, 0.15) is 47.1 Å². The van der Waals surface area contributed by atoms with E-state index in [4.69, 9.17) is 5.10 Å². The molecule has 26 heavy (non-hydrogen) atoms. The summed E-state index contributed by atoms with van der Waals surface area (Å²) in [4.78, 5) is 4.56. The number of rotatable bonds is 6. The number of aryl methyl sites for hydroxylation is 2. The van der Waals surface area contributed by atoms with Gasteiger partial charge in [-0.2, -0.15) is 5.10 Å². The molecular weight excluding hydrogens is 322 g/mol. The Hall–Kier alpha value is -2.40. The van der Waals surface area contributed by atoms with E-state index < -0.39 is 0 Å². The molecule has 3 heterocycles. The molecule has 1 unspecified atom stereocenters. The van der Waals surface area contributed by atoms with Crippen LogP contribution < -0.4 is 5.32 Å². The summed E-state index contributed by atoms with van der Waals surface area (Å²) in [7, 11) is 0. The first-order valence-electron chi connectivity index (χ1n) is 9.51. The highest BCUT2D eigenvalue weighted by atomic mass is 15.3. The smallest absolute Gasteiger partial charge is 0.113 e. The Labute approximate surface area is 155 Å². The van der Waals surface area contributed by atoms with Crippen LogP contribution in [-0.2, 0) is 19.6 Å². The number of benzene rings is 1. The number of aromatic nitrogens is 4. The lowest BCUT2D eigenvalue weighted by Gasteiger charge is -2.23. The van der Waals surface area contributed by atoms with Crippen LogP contribution in [0.2, 0.25) is 0 Å². The molecule has 1 aliphatic rings. The minimum Gasteiger partial charge on any atom is -0.335 e. The average Bonchev–Trinajstić information content (AvgIpc) is 3.23. The van der Waals surface area contributed by atoms with Gasteiger partial charge in [-0.05, 0) is 32.3 Å². The molecule has 136 valence electrons. The second kappa shape index (κ2) is 7.46. The maximum Gasteiger partial charge on any atom is 0.113 e. The highest BCUT2D eigenvalue weighted by molar-refractivity contribution is 5.26. The van der Waals surface area contributed by atoms with Crippen molar-refractivity contribution in [2.24, 2.45) is 0 Å². The van der Waals surface area contributed by atoms with Crippen molar-refractivity contribution in [3.05, 3.63) is 71.1 Å². The van der Waals surface area contributed by atoms with E-state index in [9.17, 15) is 0 Å². The van der Waals surface area contributed by atoms with Crippen molar-refractivity contribution < 1.29 is 0 Å². The zero-order valence-corrected chi connectivity index (χ0v) is 15.7. The lowest BCUT2D eigenvalue weighted by atomic mass is 9.99. The van der Waals surface area contributed by atoms with Gasteiger partial charge >= 0.3 is 0 Å². The van der Waals surface area contributed by atoms with Gasteiger partial charge in [-0.15, -0.1) is 0 Å². The Morgan fingerprint density at radius 2 is 2.04 bits per heavy atom. The van der Waals surface area contributed by atoms with E-state index >= 15 is 0 Å². The van der Waals surface area contributed by atoms with E-state index in [0.29, 0.717) is 5.92 Å². The van der Waals surface area contributed by atoms with Crippen LogP contribution >= 0.6 is 0 Å². The lowest BCUT2D eigenvalue weighted by molar-refractivity contribution is 0.422. The summed E-state index contributed by atoms with van der Waals surface area (Å²) in [6.45, 7) is 8.05. The Kier molecular flexibility index (Phi) is 4.89. The number of hydrogen-bond donors (Lipinski definition) is 1. The molecule has 0 saturated heterocycles. The molecule has 0 amide bonds. The molecule has 4 rings (SSSR count). The fourth-order valence-electron chi connectivity index (χ4n) is 3.97. The van der Waals surface area contributed by atoms with Crippen LogP contribution in [0.15, 0.2) is 42.7 Å². The van der Waals surface area contributed by atoms with Crippen LogP contribution in [0.25, 0.3) is 0 Å². The first-order valence-corrected chi connectivity index (χ1v) is 9.51. The van der Waals surface area contributed by atoms with Crippen molar-refractivity contribution in [3.63, 3.8) is 0 Å². The van der Waals surface area contributed by atoms with Crippen LogP contribution in [-0.4, -0.2) is 25.9 Å². The van der Waals surface area contributed by atoms with E-state index in [1.165, 1.54) is 35.5 Å². The Morgan fingerprint density at radius 3 is 2.88 bits per heavy atom. The summed E-state index contributed by atoms with van der Waals surface area (Å²) < 4.78 is 4.42. The zero-order chi connectivity index (χ0) is 17.9. The minimum absolute atomic E-state index is 0.513. The van der Waals surface area contributed by atoms with Crippen molar-refractivity contribution >= 4 is 0 Å². The number of fused-ring (bicyclic) bond motifs is 1. The van der Waals surface area contributed by atoms with Gasteiger partial charge in [0.25, 0.3) is 0 Å². The third kappa shape index (κ3) is 3.44. The van der Waals surface area contributed by atoms with Crippen LogP contribution in [0.4, 0.5) is 0 Å². The van der Waals surface area contributed by atoms with Gasteiger partial charge in [0.1, 0.15) is 5.82 Å². The molecule has 1 aliphatic heterocycles. The molecule has 1 N–H and O–H groups in total. The van der Waals surface area contributed by atoms with Gasteiger partial charge in [0.05, 0.1) is 12.2 Å². The summed E-state index contributed by atoms with van der Waals surface area (Å²) in [5.74, 6) is 1.75. The quantitative estimate of drug-likeness (QED) is 0.742. The number of nitrogens with one attached hydrogen (secondary N) is 1. The van der Waals surface area contributed by atoms with Gasteiger partial charge in [-0.3, -0.25) is 4.68 Å². The standard InChI is InChI=1S/C21H27N5/c1-16-20(17(2)26(24-16)15-18-7-4-3-5-8-18)14-22-13-19-9-6-11-25-12-10-23-21(19)25/h3-5,7-8,10,12,19,22H,6,9,11,13-15H2,1-2H3. The Bertz CT molecular complexity index is 862. The molecule has 2 aromatic heterocycles. The number of imidazole rings is 1. The molecule has 5 nitrogen and oxygen atoms in total. The second-order valence-corrected chi connectivity index (χ2v) is 7.24. The fraction of sp³-hybridized carbons (Fsp3) is 0.429. The molecular formula is C21H27N5. The number of nitrogens with zero attached hydrogens (tertiary/aromatic N) is 4. The van der Waals surface area contributed by atoms with Gasteiger partial charge < -0.3 is 9.88 Å². The summed E-state index contributed by atoms with van der Waals surface area (Å²) in [5, 5.41) is 8.41. The summed E-state index contributed by atoms with van der Waals surface area (Å²) >= 11 is 0. The van der Waals surface area contributed by atoms with Crippen molar-refractivity contribution in [1.82, 2.24) is 24.6 Å².